The summed E-state index contributed by atoms with van der Waals surface area (Å²) in [6.45, 7) is 4.99. The number of rotatable bonds is 7. The fourth-order valence-electron chi connectivity index (χ4n) is 2.12. The Morgan fingerprint density at radius 3 is 2.76 bits per heavy atom. The number of halogens is 1. The van der Waals surface area contributed by atoms with Crippen LogP contribution < -0.4 is 5.32 Å². The molecule has 0 fully saturated rings. The number of hydrogen-bond acceptors (Lipinski definition) is 5. The van der Waals surface area contributed by atoms with Crippen molar-refractivity contribution in [3.63, 3.8) is 0 Å². The lowest BCUT2D eigenvalue weighted by Crippen LogP contribution is -2.35. The van der Waals surface area contributed by atoms with Crippen molar-refractivity contribution in [2.24, 2.45) is 0 Å². The summed E-state index contributed by atoms with van der Waals surface area (Å²) in [7, 11) is 0. The zero-order valence-electron chi connectivity index (χ0n) is 14.1. The van der Waals surface area contributed by atoms with Crippen LogP contribution in [0.3, 0.4) is 0 Å². The molecule has 0 atom stereocenters. The number of carbonyl (C=O) groups is 2. The number of thiazole rings is 1. The van der Waals surface area contributed by atoms with Gasteiger partial charge < -0.3 is 15.0 Å². The molecular weight excluding hydrogens is 406 g/mol. The van der Waals surface area contributed by atoms with Crippen molar-refractivity contribution in [3.8, 4) is 0 Å². The summed E-state index contributed by atoms with van der Waals surface area (Å²) in [6.07, 6.45) is 0.819. The predicted molar refractivity (Wildman–Crippen MR) is 102 cm³/mol. The average Bonchev–Trinajstić information content (AvgIpc) is 3.05. The zero-order valence-corrected chi connectivity index (χ0v) is 16.5. The second-order valence-corrected chi connectivity index (χ2v) is 6.98. The lowest BCUT2D eigenvalue weighted by atomic mass is 10.3. The maximum Gasteiger partial charge on any atom is 0.357 e. The minimum atomic E-state index is -0.440. The van der Waals surface area contributed by atoms with Crippen molar-refractivity contribution in [1.82, 2.24) is 9.88 Å². The lowest BCUT2D eigenvalue weighted by Gasteiger charge is -2.21. The van der Waals surface area contributed by atoms with Crippen molar-refractivity contribution in [3.05, 3.63) is 44.8 Å². The van der Waals surface area contributed by atoms with Crippen molar-refractivity contribution >= 4 is 45.0 Å². The highest BCUT2D eigenvalue weighted by Gasteiger charge is 2.18. The number of anilines is 1. The number of esters is 1. The molecule has 0 spiro atoms. The summed E-state index contributed by atoms with van der Waals surface area (Å²) in [5.74, 6) is -0.440. The molecule has 1 aromatic heterocycles. The Kier molecular flexibility index (Phi) is 7.39. The van der Waals surface area contributed by atoms with Crippen LogP contribution in [0.2, 0.25) is 0 Å². The van der Waals surface area contributed by atoms with Crippen LogP contribution >= 0.6 is 27.3 Å². The Hall–Kier alpha value is -1.93. The predicted octanol–water partition coefficient (Wildman–Crippen LogP) is 4.53. The molecule has 2 amide bonds. The van der Waals surface area contributed by atoms with E-state index in [9.17, 15) is 9.59 Å². The van der Waals surface area contributed by atoms with Gasteiger partial charge in [-0.1, -0.05) is 19.1 Å². The first-order valence-corrected chi connectivity index (χ1v) is 9.64. The van der Waals surface area contributed by atoms with Gasteiger partial charge in [-0.15, -0.1) is 11.3 Å². The average molecular weight is 426 g/mol. The molecule has 0 radical (unpaired) electrons. The van der Waals surface area contributed by atoms with Crippen LogP contribution in [0.1, 0.15) is 35.8 Å². The van der Waals surface area contributed by atoms with Crippen LogP contribution in [0.4, 0.5) is 10.5 Å². The van der Waals surface area contributed by atoms with E-state index in [1.807, 2.05) is 31.2 Å². The van der Waals surface area contributed by atoms with Gasteiger partial charge in [0.15, 0.2) is 5.69 Å². The molecule has 8 heteroatoms. The Labute approximate surface area is 159 Å². The second-order valence-electron chi connectivity index (χ2n) is 5.18. The molecule has 0 bridgehead atoms. The minimum Gasteiger partial charge on any atom is -0.461 e. The van der Waals surface area contributed by atoms with Crippen LogP contribution in [0.5, 0.6) is 0 Å². The van der Waals surface area contributed by atoms with E-state index in [2.05, 4.69) is 26.2 Å². The molecule has 0 aliphatic rings. The topological polar surface area (TPSA) is 71.5 Å². The molecule has 0 saturated heterocycles. The number of nitrogens with one attached hydrogen (secondary N) is 1. The van der Waals surface area contributed by atoms with Crippen LogP contribution in [0, 0.1) is 0 Å². The maximum atomic E-state index is 12.6. The molecule has 1 aromatic carbocycles. The smallest absolute Gasteiger partial charge is 0.357 e. The lowest BCUT2D eigenvalue weighted by molar-refractivity contribution is 0.0520. The zero-order chi connectivity index (χ0) is 18.2. The molecule has 0 saturated carbocycles. The van der Waals surface area contributed by atoms with E-state index in [0.29, 0.717) is 30.4 Å². The van der Waals surface area contributed by atoms with Gasteiger partial charge in [-0.3, -0.25) is 0 Å². The van der Waals surface area contributed by atoms with Gasteiger partial charge >= 0.3 is 12.0 Å². The molecule has 6 nitrogen and oxygen atoms in total. The number of carbonyl (C=O) groups excluding carboxylic acids is 2. The summed E-state index contributed by atoms with van der Waals surface area (Å²) in [6, 6.07) is 7.23. The fourth-order valence-corrected chi connectivity index (χ4v) is 3.29. The number of para-hydroxylation sites is 1. The quantitative estimate of drug-likeness (QED) is 0.661. The molecule has 25 heavy (non-hydrogen) atoms. The van der Waals surface area contributed by atoms with Gasteiger partial charge in [-0.2, -0.15) is 0 Å². The number of hydrogen-bond donors (Lipinski definition) is 1. The SMILES string of the molecule is CCCN(Cc1nc(C(=O)OCC)cs1)C(=O)Nc1ccccc1Br. The summed E-state index contributed by atoms with van der Waals surface area (Å²) in [5, 5.41) is 5.24. The van der Waals surface area contributed by atoms with Crippen LogP contribution in [0.25, 0.3) is 0 Å². The molecule has 0 unspecified atom stereocenters. The Morgan fingerprint density at radius 1 is 1.32 bits per heavy atom. The third-order valence-electron chi connectivity index (χ3n) is 3.26. The van der Waals surface area contributed by atoms with E-state index in [1.165, 1.54) is 11.3 Å². The van der Waals surface area contributed by atoms with Crippen molar-refractivity contribution in [2.75, 3.05) is 18.5 Å². The van der Waals surface area contributed by atoms with Crippen molar-refractivity contribution < 1.29 is 14.3 Å². The largest absolute Gasteiger partial charge is 0.461 e. The van der Waals surface area contributed by atoms with Crippen LogP contribution in [-0.4, -0.2) is 35.0 Å². The Morgan fingerprint density at radius 2 is 2.08 bits per heavy atom. The Balaban J connectivity index is 2.06. The number of ether oxygens (including phenoxy) is 1. The van der Waals surface area contributed by atoms with Crippen molar-refractivity contribution in [1.29, 1.82) is 0 Å². The summed E-state index contributed by atoms with van der Waals surface area (Å²) < 4.78 is 5.76. The number of aromatic nitrogens is 1. The normalized spacial score (nSPS) is 10.4. The summed E-state index contributed by atoms with van der Waals surface area (Å²) in [4.78, 5) is 30.2. The molecule has 2 aromatic rings. The van der Waals surface area contributed by atoms with Crippen LogP contribution in [0.15, 0.2) is 34.1 Å². The van der Waals surface area contributed by atoms with Gasteiger partial charge in [0.25, 0.3) is 0 Å². The van der Waals surface area contributed by atoms with Gasteiger partial charge in [-0.25, -0.2) is 14.6 Å². The number of benzene rings is 1. The maximum absolute atomic E-state index is 12.6. The molecule has 2 rings (SSSR count). The monoisotopic (exact) mass is 425 g/mol. The van der Waals surface area contributed by atoms with Gasteiger partial charge in [-0.05, 0) is 41.4 Å². The van der Waals surface area contributed by atoms with Crippen molar-refractivity contribution in [2.45, 2.75) is 26.8 Å². The molecule has 1 heterocycles. The molecule has 134 valence electrons. The van der Waals surface area contributed by atoms with Gasteiger partial charge in [0.05, 0.1) is 18.8 Å². The number of nitrogens with zero attached hydrogens (tertiary/aromatic N) is 2. The molecule has 0 aliphatic carbocycles. The highest BCUT2D eigenvalue weighted by molar-refractivity contribution is 9.10. The summed E-state index contributed by atoms with van der Waals surface area (Å²) in [5.41, 5.74) is 0.990. The molecule has 0 aliphatic heterocycles. The van der Waals surface area contributed by atoms with Gasteiger partial charge in [0, 0.05) is 16.4 Å². The first kappa shape index (κ1) is 19.4. The first-order valence-electron chi connectivity index (χ1n) is 7.97. The van der Waals surface area contributed by atoms with E-state index in [-0.39, 0.29) is 11.7 Å². The fraction of sp³-hybridized carbons (Fsp3) is 0.353. The van der Waals surface area contributed by atoms with E-state index in [1.54, 1.807) is 17.2 Å². The number of urea groups is 1. The van der Waals surface area contributed by atoms with E-state index in [0.717, 1.165) is 10.9 Å². The highest BCUT2D eigenvalue weighted by Crippen LogP contribution is 2.22. The highest BCUT2D eigenvalue weighted by atomic mass is 79.9. The van der Waals surface area contributed by atoms with Crippen LogP contribution in [-0.2, 0) is 11.3 Å². The summed E-state index contributed by atoms with van der Waals surface area (Å²) >= 11 is 4.76. The standard InChI is InChI=1S/C17H20BrN3O3S/c1-3-9-21(17(23)20-13-8-6-5-7-12(13)18)10-15-19-14(11-25-15)16(22)24-4-2/h5-8,11H,3-4,9-10H2,1-2H3,(H,20,23). The first-order chi connectivity index (χ1) is 12.0. The third-order valence-corrected chi connectivity index (χ3v) is 4.78. The number of amides is 2. The third kappa shape index (κ3) is 5.54. The van der Waals surface area contributed by atoms with Gasteiger partial charge in [0.1, 0.15) is 5.01 Å². The van der Waals surface area contributed by atoms with E-state index < -0.39 is 5.97 Å². The molecule has 1 N–H and O–H groups in total. The van der Waals surface area contributed by atoms with E-state index >= 15 is 0 Å². The minimum absolute atomic E-state index is 0.207. The molecular formula is C17H20BrN3O3S. The van der Waals surface area contributed by atoms with Gasteiger partial charge in [0.2, 0.25) is 0 Å². The van der Waals surface area contributed by atoms with E-state index in [4.69, 9.17) is 4.74 Å². The Bertz CT molecular complexity index is 735. The second kappa shape index (κ2) is 9.53.